The summed E-state index contributed by atoms with van der Waals surface area (Å²) in [4.78, 5) is 5.05. The van der Waals surface area contributed by atoms with Crippen LogP contribution in [0.2, 0.25) is 0 Å². The SMILES string of the molecule is Cc1ccncc1N(C#N)C(=N)Oc1ccccc1. The molecule has 0 saturated heterocycles. The summed E-state index contributed by atoms with van der Waals surface area (Å²) in [7, 11) is 0. The van der Waals surface area contributed by atoms with E-state index >= 15 is 0 Å². The molecule has 0 unspecified atom stereocenters. The van der Waals surface area contributed by atoms with Gasteiger partial charge in [0.2, 0.25) is 0 Å². The Bertz CT molecular complexity index is 619. The first-order valence-electron chi connectivity index (χ1n) is 5.64. The predicted octanol–water partition coefficient (Wildman–Crippen LogP) is 2.69. The van der Waals surface area contributed by atoms with Crippen LogP contribution in [0.1, 0.15) is 5.56 Å². The van der Waals surface area contributed by atoms with Crippen LogP contribution in [0.4, 0.5) is 5.69 Å². The van der Waals surface area contributed by atoms with Gasteiger partial charge in [-0.2, -0.15) is 10.2 Å². The van der Waals surface area contributed by atoms with E-state index in [1.807, 2.05) is 19.2 Å². The van der Waals surface area contributed by atoms with Crippen molar-refractivity contribution in [1.82, 2.24) is 4.98 Å². The van der Waals surface area contributed by atoms with E-state index in [-0.39, 0.29) is 6.02 Å². The van der Waals surface area contributed by atoms with E-state index in [9.17, 15) is 5.26 Å². The van der Waals surface area contributed by atoms with Gasteiger partial charge in [-0.15, -0.1) is 0 Å². The summed E-state index contributed by atoms with van der Waals surface area (Å²) in [5.41, 5.74) is 1.38. The molecular formula is C14H12N4O. The lowest BCUT2D eigenvalue weighted by atomic mass is 10.2. The Balaban J connectivity index is 2.22. The molecular weight excluding hydrogens is 240 g/mol. The number of anilines is 1. The third-order valence-corrected chi connectivity index (χ3v) is 2.51. The van der Waals surface area contributed by atoms with E-state index in [1.54, 1.807) is 36.5 Å². The molecule has 2 rings (SSSR count). The van der Waals surface area contributed by atoms with Crippen LogP contribution in [0.5, 0.6) is 5.75 Å². The van der Waals surface area contributed by atoms with Crippen molar-refractivity contribution in [3.05, 3.63) is 54.4 Å². The highest BCUT2D eigenvalue weighted by Crippen LogP contribution is 2.19. The van der Waals surface area contributed by atoms with Crippen LogP contribution in [-0.4, -0.2) is 11.0 Å². The number of hydrogen-bond donors (Lipinski definition) is 1. The summed E-state index contributed by atoms with van der Waals surface area (Å²) in [6.07, 6.45) is 5.09. The molecule has 0 aliphatic rings. The van der Waals surface area contributed by atoms with Gasteiger partial charge in [-0.25, -0.2) is 5.41 Å². The maximum Gasteiger partial charge on any atom is 0.308 e. The average Bonchev–Trinajstić information content (AvgIpc) is 2.43. The molecule has 1 aromatic carbocycles. The Hall–Kier alpha value is -2.87. The summed E-state index contributed by atoms with van der Waals surface area (Å²) >= 11 is 0. The van der Waals surface area contributed by atoms with Gasteiger partial charge in [-0.05, 0) is 30.7 Å². The number of hydrogen-bond acceptors (Lipinski definition) is 4. The molecule has 0 amide bonds. The monoisotopic (exact) mass is 252 g/mol. The number of benzene rings is 1. The molecule has 0 aliphatic heterocycles. The molecule has 0 fully saturated rings. The first kappa shape index (κ1) is 12.6. The van der Waals surface area contributed by atoms with Crippen molar-refractivity contribution in [1.29, 1.82) is 10.7 Å². The molecule has 2 aromatic rings. The van der Waals surface area contributed by atoms with Gasteiger partial charge in [0.15, 0.2) is 6.19 Å². The van der Waals surface area contributed by atoms with E-state index < -0.39 is 0 Å². The number of aryl methyl sites for hydroxylation is 1. The molecule has 0 atom stereocenters. The van der Waals surface area contributed by atoms with Crippen molar-refractivity contribution in [3.8, 4) is 11.9 Å². The minimum absolute atomic E-state index is 0.259. The van der Waals surface area contributed by atoms with Gasteiger partial charge in [0.25, 0.3) is 0 Å². The highest BCUT2D eigenvalue weighted by molar-refractivity contribution is 5.94. The molecule has 94 valence electrons. The van der Waals surface area contributed by atoms with Crippen molar-refractivity contribution >= 4 is 11.7 Å². The Morgan fingerprint density at radius 2 is 2.05 bits per heavy atom. The molecule has 0 spiro atoms. The number of para-hydroxylation sites is 1. The predicted molar refractivity (Wildman–Crippen MR) is 71.9 cm³/mol. The smallest absolute Gasteiger partial charge is 0.308 e. The Morgan fingerprint density at radius 1 is 1.32 bits per heavy atom. The van der Waals surface area contributed by atoms with Crippen molar-refractivity contribution < 1.29 is 4.74 Å². The van der Waals surface area contributed by atoms with E-state index in [0.29, 0.717) is 11.4 Å². The third-order valence-electron chi connectivity index (χ3n) is 2.51. The van der Waals surface area contributed by atoms with Gasteiger partial charge in [0.05, 0.1) is 11.9 Å². The first-order valence-corrected chi connectivity index (χ1v) is 5.64. The zero-order chi connectivity index (χ0) is 13.7. The second kappa shape index (κ2) is 5.65. The highest BCUT2D eigenvalue weighted by atomic mass is 16.5. The molecule has 0 radical (unpaired) electrons. The molecule has 0 aliphatic carbocycles. The van der Waals surface area contributed by atoms with E-state index in [0.717, 1.165) is 10.5 Å². The summed E-state index contributed by atoms with van der Waals surface area (Å²) in [6, 6.07) is 10.4. The fourth-order valence-corrected chi connectivity index (χ4v) is 1.54. The molecule has 1 heterocycles. The van der Waals surface area contributed by atoms with Crippen molar-refractivity contribution in [2.75, 3.05) is 4.90 Å². The molecule has 19 heavy (non-hydrogen) atoms. The van der Waals surface area contributed by atoms with Crippen LogP contribution in [0.3, 0.4) is 0 Å². The second-order valence-corrected chi connectivity index (χ2v) is 3.82. The molecule has 1 aromatic heterocycles. The fraction of sp³-hybridized carbons (Fsp3) is 0.0714. The number of amidine groups is 1. The van der Waals surface area contributed by atoms with Crippen LogP contribution in [0.25, 0.3) is 0 Å². The number of nitrogens with one attached hydrogen (secondary N) is 1. The standard InChI is InChI=1S/C14H12N4O/c1-11-7-8-17-9-13(11)18(10-15)14(16)19-12-5-3-2-4-6-12/h2-9,16H,1H3. The lowest BCUT2D eigenvalue weighted by Gasteiger charge is -2.17. The molecule has 1 N–H and O–H groups in total. The van der Waals surface area contributed by atoms with Crippen molar-refractivity contribution in [2.24, 2.45) is 0 Å². The third kappa shape index (κ3) is 2.87. The van der Waals surface area contributed by atoms with Gasteiger partial charge in [0, 0.05) is 6.20 Å². The number of rotatable bonds is 2. The molecule has 0 bridgehead atoms. The molecule has 5 heteroatoms. The maximum absolute atomic E-state index is 9.18. The summed E-state index contributed by atoms with van der Waals surface area (Å²) in [5.74, 6) is 0.509. The van der Waals surface area contributed by atoms with Crippen LogP contribution in [0.15, 0.2) is 48.8 Å². The van der Waals surface area contributed by atoms with Crippen LogP contribution in [-0.2, 0) is 0 Å². The van der Waals surface area contributed by atoms with E-state index in [2.05, 4.69) is 4.98 Å². The molecule has 0 saturated carbocycles. The Morgan fingerprint density at radius 3 is 2.68 bits per heavy atom. The minimum atomic E-state index is -0.259. The van der Waals surface area contributed by atoms with Crippen LogP contribution >= 0.6 is 0 Å². The van der Waals surface area contributed by atoms with Crippen molar-refractivity contribution in [2.45, 2.75) is 6.92 Å². The highest BCUT2D eigenvalue weighted by Gasteiger charge is 2.16. The molecule has 5 nitrogen and oxygen atoms in total. The lowest BCUT2D eigenvalue weighted by Crippen LogP contribution is -2.30. The number of ether oxygens (including phenoxy) is 1. The van der Waals surface area contributed by atoms with Gasteiger partial charge in [0.1, 0.15) is 5.75 Å². The summed E-state index contributed by atoms with van der Waals surface area (Å²) in [6.45, 7) is 1.84. The van der Waals surface area contributed by atoms with Gasteiger partial charge >= 0.3 is 6.02 Å². The van der Waals surface area contributed by atoms with E-state index in [1.165, 1.54) is 6.20 Å². The average molecular weight is 252 g/mol. The zero-order valence-electron chi connectivity index (χ0n) is 10.4. The van der Waals surface area contributed by atoms with E-state index in [4.69, 9.17) is 10.1 Å². The normalized spacial score (nSPS) is 9.47. The number of pyridine rings is 1. The number of aromatic nitrogens is 1. The lowest BCUT2D eigenvalue weighted by molar-refractivity contribution is 0.535. The zero-order valence-corrected chi connectivity index (χ0v) is 10.4. The van der Waals surface area contributed by atoms with Gasteiger partial charge < -0.3 is 4.74 Å². The topological polar surface area (TPSA) is 73.0 Å². The first-order chi connectivity index (χ1) is 9.22. The maximum atomic E-state index is 9.18. The van der Waals surface area contributed by atoms with Crippen LogP contribution < -0.4 is 9.64 Å². The quantitative estimate of drug-likeness (QED) is 0.386. The van der Waals surface area contributed by atoms with Crippen molar-refractivity contribution in [3.63, 3.8) is 0 Å². The minimum Gasteiger partial charge on any atom is -0.425 e. The van der Waals surface area contributed by atoms with Gasteiger partial charge in [-0.1, -0.05) is 18.2 Å². The summed E-state index contributed by atoms with van der Waals surface area (Å²) < 4.78 is 5.34. The number of nitriles is 1. The van der Waals surface area contributed by atoms with Gasteiger partial charge in [-0.3, -0.25) is 4.98 Å². The Kier molecular flexibility index (Phi) is 3.74. The largest absolute Gasteiger partial charge is 0.425 e. The van der Waals surface area contributed by atoms with Crippen LogP contribution in [0, 0.1) is 23.8 Å². The Labute approximate surface area is 111 Å². The second-order valence-electron chi connectivity index (χ2n) is 3.82. The number of nitrogens with zero attached hydrogens (tertiary/aromatic N) is 3. The summed E-state index contributed by atoms with van der Waals surface area (Å²) in [5, 5.41) is 17.1. The fourth-order valence-electron chi connectivity index (χ4n) is 1.54.